The summed E-state index contributed by atoms with van der Waals surface area (Å²) in [6.45, 7) is 19.1. The number of carboxylic acids is 1. The minimum atomic E-state index is -0.614. The summed E-state index contributed by atoms with van der Waals surface area (Å²) in [7, 11) is 0. The highest BCUT2D eigenvalue weighted by Crippen LogP contribution is 2.77. The minimum Gasteiger partial charge on any atom is -0.481 e. The Morgan fingerprint density at radius 2 is 1.56 bits per heavy atom. The zero-order valence-electron chi connectivity index (χ0n) is 26.5. The van der Waals surface area contributed by atoms with Crippen molar-refractivity contribution >= 4 is 12.0 Å². The second-order valence-corrected chi connectivity index (χ2v) is 16.5. The predicted octanol–water partition coefficient (Wildman–Crippen LogP) is 9.09. The number of allylic oxidation sites excluding steroid dienone is 2. The third-order valence-electron chi connectivity index (χ3n) is 14.9. The maximum absolute atomic E-state index is 13.1. The van der Waals surface area contributed by atoms with E-state index in [1.807, 2.05) is 0 Å². The molecule has 0 amide bonds. The lowest BCUT2D eigenvalue weighted by atomic mass is 9.32. The Balaban J connectivity index is 1.35. The Hall–Kier alpha value is -1.87. The molecule has 224 valence electrons. The van der Waals surface area contributed by atoms with Gasteiger partial charge in [0.25, 0.3) is 0 Å². The zero-order valence-corrected chi connectivity index (χ0v) is 26.5. The summed E-state index contributed by atoms with van der Waals surface area (Å²) >= 11 is 0. The Kier molecular flexibility index (Phi) is 6.82. The number of fused-ring (bicyclic) bond motifs is 7. The van der Waals surface area contributed by atoms with E-state index in [1.165, 1.54) is 30.4 Å². The Morgan fingerprint density at radius 3 is 2.24 bits per heavy atom. The van der Waals surface area contributed by atoms with Crippen molar-refractivity contribution in [2.75, 3.05) is 0 Å². The average Bonchev–Trinajstić information content (AvgIpc) is 3.32. The first kappa shape index (κ1) is 29.2. The van der Waals surface area contributed by atoms with Crippen molar-refractivity contribution in [3.05, 3.63) is 53.6 Å². The van der Waals surface area contributed by atoms with Crippen LogP contribution in [0.3, 0.4) is 0 Å². The summed E-state index contributed by atoms with van der Waals surface area (Å²) in [6.07, 6.45) is 14.4. The monoisotopic (exact) mass is 558 g/mol. The molecule has 6 rings (SSSR count). The van der Waals surface area contributed by atoms with Crippen molar-refractivity contribution in [1.82, 2.24) is 0 Å². The molecule has 1 aromatic rings. The molecule has 0 unspecified atom stereocenters. The molecule has 1 aromatic carbocycles. The van der Waals surface area contributed by atoms with Gasteiger partial charge >= 0.3 is 5.97 Å². The van der Waals surface area contributed by atoms with E-state index < -0.39 is 11.4 Å². The molecule has 5 aliphatic rings. The van der Waals surface area contributed by atoms with Gasteiger partial charge in [0.15, 0.2) is 0 Å². The molecule has 5 aliphatic carbocycles. The first-order valence-electron chi connectivity index (χ1n) is 16.6. The summed E-state index contributed by atoms with van der Waals surface area (Å²) in [6, 6.07) is 8.58. The second kappa shape index (κ2) is 9.57. The molecule has 0 radical (unpaired) electrons. The van der Waals surface area contributed by atoms with Gasteiger partial charge in [-0.2, -0.15) is 0 Å². The normalized spacial score (nSPS) is 46.7. The summed E-state index contributed by atoms with van der Waals surface area (Å²) in [5.74, 6) is 1.41. The van der Waals surface area contributed by atoms with Gasteiger partial charge in [0.2, 0.25) is 0 Å². The molecule has 0 bridgehead atoms. The number of benzene rings is 1. The van der Waals surface area contributed by atoms with Crippen LogP contribution in [-0.2, 0) is 4.79 Å². The molecule has 0 aromatic heterocycles. The number of aliphatic carboxylic acids is 1. The zero-order chi connectivity index (χ0) is 29.6. The molecule has 0 saturated heterocycles. The van der Waals surface area contributed by atoms with Crippen molar-refractivity contribution in [2.45, 2.75) is 112 Å². The van der Waals surface area contributed by atoms with Gasteiger partial charge < -0.3 is 10.2 Å². The molecular formula is C38H54O3. The van der Waals surface area contributed by atoms with E-state index in [0.29, 0.717) is 17.8 Å². The van der Waals surface area contributed by atoms with Gasteiger partial charge in [-0.1, -0.05) is 88.8 Å². The van der Waals surface area contributed by atoms with Crippen LogP contribution in [-0.4, -0.2) is 22.3 Å². The van der Waals surface area contributed by atoms with E-state index in [9.17, 15) is 15.0 Å². The van der Waals surface area contributed by atoms with Crippen LogP contribution in [0.4, 0.5) is 0 Å². The lowest BCUT2D eigenvalue weighted by molar-refractivity contribution is -0.248. The third kappa shape index (κ3) is 3.96. The lowest BCUT2D eigenvalue weighted by Crippen LogP contribution is -2.67. The molecule has 0 heterocycles. The highest BCUT2D eigenvalue weighted by molar-refractivity contribution is 5.76. The molecule has 5 fully saturated rings. The quantitative estimate of drug-likeness (QED) is 0.362. The molecule has 41 heavy (non-hydrogen) atoms. The van der Waals surface area contributed by atoms with Crippen molar-refractivity contribution in [3.8, 4) is 0 Å². The van der Waals surface area contributed by atoms with Gasteiger partial charge in [0.05, 0.1) is 11.5 Å². The topological polar surface area (TPSA) is 57.5 Å². The lowest BCUT2D eigenvalue weighted by Gasteiger charge is -2.72. The fraction of sp³-hybridized carbons (Fsp3) is 0.711. The molecule has 0 aliphatic heterocycles. The molecular weight excluding hydrogens is 504 g/mol. The van der Waals surface area contributed by atoms with Crippen molar-refractivity contribution in [2.24, 2.45) is 56.7 Å². The summed E-state index contributed by atoms with van der Waals surface area (Å²) in [5.41, 5.74) is 3.43. The van der Waals surface area contributed by atoms with E-state index in [-0.39, 0.29) is 39.6 Å². The molecule has 5 saturated carbocycles. The van der Waals surface area contributed by atoms with Crippen LogP contribution in [0.1, 0.15) is 110 Å². The van der Waals surface area contributed by atoms with Crippen LogP contribution < -0.4 is 0 Å². The number of aliphatic hydroxyl groups is 1. The van der Waals surface area contributed by atoms with Crippen LogP contribution >= 0.6 is 0 Å². The summed E-state index contributed by atoms with van der Waals surface area (Å²) < 4.78 is 0. The van der Waals surface area contributed by atoms with E-state index >= 15 is 0 Å². The van der Waals surface area contributed by atoms with Crippen molar-refractivity contribution < 1.29 is 15.0 Å². The number of hydrogen-bond donors (Lipinski definition) is 2. The largest absolute Gasteiger partial charge is 0.481 e. The van der Waals surface area contributed by atoms with Crippen LogP contribution in [0.25, 0.3) is 6.08 Å². The number of aryl methyl sites for hydroxylation is 1. The van der Waals surface area contributed by atoms with Gasteiger partial charge in [-0.25, -0.2) is 0 Å². The highest BCUT2D eigenvalue weighted by atomic mass is 16.4. The maximum Gasteiger partial charge on any atom is 0.309 e. The fourth-order valence-electron chi connectivity index (χ4n) is 12.4. The van der Waals surface area contributed by atoms with E-state index in [0.717, 1.165) is 50.5 Å². The number of carbonyl (C=O) groups is 1. The smallest absolute Gasteiger partial charge is 0.309 e. The van der Waals surface area contributed by atoms with Crippen molar-refractivity contribution in [3.63, 3.8) is 0 Å². The van der Waals surface area contributed by atoms with E-state index in [1.54, 1.807) is 0 Å². The molecule has 3 nitrogen and oxygen atoms in total. The van der Waals surface area contributed by atoms with Gasteiger partial charge in [0.1, 0.15) is 0 Å². The Morgan fingerprint density at radius 1 is 0.854 bits per heavy atom. The SMILES string of the molecule is C=C(/C=C/c1ccc(C)cc1)[C@@H]1CC[C@]2(C(=O)O)CC[C@]3(C)[C@H](CC[C@@H]4[C@@]5(C)CC[C@H](O)C(C)(C)[C@@H]5CC[C@]43C)[C@@H]12. The number of carboxylic acid groups (broad SMARTS) is 1. The number of rotatable bonds is 4. The maximum atomic E-state index is 13.1. The summed E-state index contributed by atoms with van der Waals surface area (Å²) in [4.78, 5) is 13.1. The third-order valence-corrected chi connectivity index (χ3v) is 14.9. The van der Waals surface area contributed by atoms with Gasteiger partial charge in [-0.15, -0.1) is 0 Å². The van der Waals surface area contributed by atoms with Crippen LogP contribution in [0.5, 0.6) is 0 Å². The standard InChI is InChI=1S/C38H54O3/c1-24-8-11-26(12-9-24)13-10-25(2)27-16-21-38(33(40)41)23-22-36(6)28(32(27)38)14-15-30-35(5)19-18-31(39)34(3,4)29(35)17-20-37(30,36)7/h8-13,27-32,39H,2,14-23H2,1,3-7H3,(H,40,41)/b13-10+/t27-,28+,29-,30+,31-,32+,35-,36+,37+,38-/m0/s1. The van der Waals surface area contributed by atoms with Gasteiger partial charge in [-0.3, -0.25) is 4.79 Å². The molecule has 0 spiro atoms. The number of hydrogen-bond acceptors (Lipinski definition) is 2. The van der Waals surface area contributed by atoms with Crippen LogP contribution in [0.2, 0.25) is 0 Å². The Bertz CT molecular complexity index is 1240. The summed E-state index contributed by atoms with van der Waals surface area (Å²) in [5, 5.41) is 21.8. The number of aliphatic hydroxyl groups excluding tert-OH is 1. The van der Waals surface area contributed by atoms with E-state index in [2.05, 4.69) is 84.5 Å². The molecule has 2 N–H and O–H groups in total. The average molecular weight is 559 g/mol. The first-order valence-corrected chi connectivity index (χ1v) is 16.6. The first-order chi connectivity index (χ1) is 19.2. The van der Waals surface area contributed by atoms with Gasteiger partial charge in [-0.05, 0) is 128 Å². The Labute approximate surface area is 248 Å². The van der Waals surface area contributed by atoms with Gasteiger partial charge in [0, 0.05) is 0 Å². The second-order valence-electron chi connectivity index (χ2n) is 16.5. The molecule has 10 atom stereocenters. The minimum absolute atomic E-state index is 0.0464. The predicted molar refractivity (Wildman–Crippen MR) is 167 cm³/mol. The highest BCUT2D eigenvalue weighted by Gasteiger charge is 2.72. The fourth-order valence-corrected chi connectivity index (χ4v) is 12.4. The van der Waals surface area contributed by atoms with E-state index in [4.69, 9.17) is 0 Å². The van der Waals surface area contributed by atoms with Crippen molar-refractivity contribution in [1.29, 1.82) is 0 Å². The van der Waals surface area contributed by atoms with Crippen LogP contribution in [0.15, 0.2) is 42.5 Å². The molecule has 3 heteroatoms. The van der Waals surface area contributed by atoms with Crippen LogP contribution in [0, 0.1) is 63.6 Å².